The minimum Gasteiger partial charge on any atom is -0.300 e. The molecule has 40 heavy (non-hydrogen) atoms. The highest BCUT2D eigenvalue weighted by Gasteiger charge is 2.63. The number of carbonyl (C=O) groups excluding carboxylic acids is 2. The van der Waals surface area contributed by atoms with Gasteiger partial charge in [-0.1, -0.05) is 74.8 Å². The van der Waals surface area contributed by atoms with Crippen LogP contribution in [0.4, 0.5) is 0 Å². The Morgan fingerprint density at radius 1 is 1.02 bits per heavy atom. The van der Waals surface area contributed by atoms with E-state index in [1.165, 1.54) is 12.8 Å². The number of nitriles is 2. The van der Waals surface area contributed by atoms with Crippen molar-refractivity contribution in [3.05, 3.63) is 11.6 Å². The summed E-state index contributed by atoms with van der Waals surface area (Å²) in [7, 11) is 0. The molecule has 0 heterocycles. The average molecular weight is 552 g/mol. The van der Waals surface area contributed by atoms with E-state index in [1.54, 1.807) is 6.92 Å². The minimum atomic E-state index is -0.639. The molecule has 5 atom stereocenters. The summed E-state index contributed by atoms with van der Waals surface area (Å²) in [6, 6.07) is 4.49. The van der Waals surface area contributed by atoms with E-state index in [0.29, 0.717) is 13.0 Å². The molecule has 1 N–H and O–H groups in total. The van der Waals surface area contributed by atoms with Crippen molar-refractivity contribution in [3.8, 4) is 12.1 Å². The maximum atomic E-state index is 13.2. The summed E-state index contributed by atoms with van der Waals surface area (Å²) in [6.45, 7) is 24.5. The number of rotatable bonds is 13. The normalized spacial score (nSPS) is 29.9. The largest absolute Gasteiger partial charge is 0.300 e. The van der Waals surface area contributed by atoms with Gasteiger partial charge in [-0.15, -0.1) is 0 Å². The fraction of sp³-hybridized carbons (Fsp3) is 0.829. The molecule has 5 heteroatoms. The van der Waals surface area contributed by atoms with Crippen LogP contribution in [0.2, 0.25) is 0 Å². The molecule has 0 saturated heterocycles. The molecule has 0 aromatic rings. The lowest BCUT2D eigenvalue weighted by molar-refractivity contribution is -0.155. The summed E-state index contributed by atoms with van der Waals surface area (Å²) in [5.74, 6) is 0.200. The van der Waals surface area contributed by atoms with Crippen LogP contribution >= 0.6 is 0 Å². The Bertz CT molecular complexity index is 1070. The second kappa shape index (κ2) is 12.1. The first-order valence-electron chi connectivity index (χ1n) is 15.5. The number of hydrogen-bond donors (Lipinski definition) is 1. The topological polar surface area (TPSA) is 93.8 Å². The molecule has 0 spiro atoms. The van der Waals surface area contributed by atoms with Crippen molar-refractivity contribution in [2.45, 2.75) is 139 Å². The van der Waals surface area contributed by atoms with Crippen LogP contribution in [0.1, 0.15) is 134 Å². The minimum absolute atomic E-state index is 0.0174. The number of nitrogens with zero attached hydrogens (tertiary/aromatic N) is 2. The van der Waals surface area contributed by atoms with Crippen molar-refractivity contribution >= 4 is 11.6 Å². The maximum absolute atomic E-state index is 13.2. The molecule has 224 valence electrons. The first kappa shape index (κ1) is 34.2. The van der Waals surface area contributed by atoms with Crippen molar-refractivity contribution < 1.29 is 9.59 Å². The van der Waals surface area contributed by atoms with Crippen LogP contribution in [0.5, 0.6) is 0 Å². The van der Waals surface area contributed by atoms with Crippen LogP contribution in [0.3, 0.4) is 0 Å². The van der Waals surface area contributed by atoms with Gasteiger partial charge in [0, 0.05) is 17.4 Å². The molecular formula is C35H57N3O2. The van der Waals surface area contributed by atoms with Gasteiger partial charge in [-0.05, 0) is 92.3 Å². The second-order valence-corrected chi connectivity index (χ2v) is 15.9. The monoisotopic (exact) mass is 551 g/mol. The summed E-state index contributed by atoms with van der Waals surface area (Å²) in [4.78, 5) is 26.0. The zero-order chi connectivity index (χ0) is 30.8. The zero-order valence-electron chi connectivity index (χ0n) is 27.5. The fourth-order valence-corrected chi connectivity index (χ4v) is 8.55. The van der Waals surface area contributed by atoms with Crippen molar-refractivity contribution in [2.75, 3.05) is 6.54 Å². The highest BCUT2D eigenvalue weighted by atomic mass is 16.1. The van der Waals surface area contributed by atoms with E-state index in [-0.39, 0.29) is 50.8 Å². The van der Waals surface area contributed by atoms with Crippen LogP contribution in [0.25, 0.3) is 0 Å². The summed E-state index contributed by atoms with van der Waals surface area (Å²) in [5, 5.41) is 22.9. The van der Waals surface area contributed by atoms with Crippen molar-refractivity contribution in [1.29, 1.82) is 10.5 Å². The van der Waals surface area contributed by atoms with Gasteiger partial charge in [-0.3, -0.25) is 10.1 Å². The molecule has 0 unspecified atom stereocenters. The van der Waals surface area contributed by atoms with Gasteiger partial charge < -0.3 is 4.79 Å². The van der Waals surface area contributed by atoms with Gasteiger partial charge >= 0.3 is 0 Å². The smallest absolute Gasteiger partial charge is 0.178 e. The molecule has 0 aliphatic heterocycles. The van der Waals surface area contributed by atoms with Gasteiger partial charge in [0.1, 0.15) is 11.9 Å². The van der Waals surface area contributed by atoms with Crippen LogP contribution in [-0.4, -0.2) is 23.7 Å². The van der Waals surface area contributed by atoms with E-state index in [9.17, 15) is 20.1 Å². The molecule has 1 saturated carbocycles. The van der Waals surface area contributed by atoms with Gasteiger partial charge in [0.05, 0.1) is 18.2 Å². The van der Waals surface area contributed by atoms with E-state index < -0.39 is 10.8 Å². The molecule has 0 radical (unpaired) electrons. The van der Waals surface area contributed by atoms with Crippen molar-refractivity contribution in [1.82, 2.24) is 5.32 Å². The van der Waals surface area contributed by atoms with Gasteiger partial charge in [0.25, 0.3) is 0 Å². The molecule has 0 aromatic carbocycles. The van der Waals surface area contributed by atoms with Gasteiger partial charge in [-0.25, -0.2) is 0 Å². The number of fused-ring (bicyclic) bond motifs is 1. The van der Waals surface area contributed by atoms with E-state index in [1.807, 2.05) is 19.9 Å². The lowest BCUT2D eigenvalue weighted by Gasteiger charge is -2.64. The van der Waals surface area contributed by atoms with Crippen molar-refractivity contribution in [3.63, 3.8) is 0 Å². The van der Waals surface area contributed by atoms with Crippen molar-refractivity contribution in [2.24, 2.45) is 38.9 Å². The SMILES string of the molecule is CCCC(C)(C)CC[C@@](C)(CCC(C)(C)[C@]1(C)CC[C@H]2C(C)(C)C(=O)C(C#N)=C[C@]2(C)[C@H]1CC(C)=O)NCC#N. The Balaban J connectivity index is 2.47. The van der Waals surface area contributed by atoms with Crippen LogP contribution in [0, 0.1) is 61.6 Å². The van der Waals surface area contributed by atoms with E-state index >= 15 is 0 Å². The summed E-state index contributed by atoms with van der Waals surface area (Å²) >= 11 is 0. The van der Waals surface area contributed by atoms with E-state index in [0.717, 1.165) is 38.5 Å². The molecular weight excluding hydrogens is 494 g/mol. The summed E-state index contributed by atoms with van der Waals surface area (Å²) in [6.07, 6.45) is 10.6. The fourth-order valence-electron chi connectivity index (χ4n) is 8.55. The molecule has 2 rings (SSSR count). The summed E-state index contributed by atoms with van der Waals surface area (Å²) < 4.78 is 0. The average Bonchev–Trinajstić information content (AvgIpc) is 2.85. The molecule has 0 bridgehead atoms. The molecule has 5 nitrogen and oxygen atoms in total. The quantitative estimate of drug-likeness (QED) is 0.232. The van der Waals surface area contributed by atoms with Gasteiger partial charge in [-0.2, -0.15) is 10.5 Å². The number of hydrogen-bond acceptors (Lipinski definition) is 5. The Hall–Kier alpha value is -1.98. The number of Topliss-reactive ketones (excluding diaryl/α,β-unsaturated/α-hetero) is 2. The summed E-state index contributed by atoms with van der Waals surface area (Å²) in [5.41, 5.74) is -0.982. The first-order chi connectivity index (χ1) is 18.2. The van der Waals surface area contributed by atoms with E-state index in [4.69, 9.17) is 0 Å². The lowest BCUT2D eigenvalue weighted by atomic mass is 9.39. The molecule has 0 amide bonds. The molecule has 1 fully saturated rings. The lowest BCUT2D eigenvalue weighted by Crippen LogP contribution is -2.60. The predicted molar refractivity (Wildman–Crippen MR) is 163 cm³/mol. The number of ketones is 2. The Morgan fingerprint density at radius 3 is 2.15 bits per heavy atom. The highest BCUT2D eigenvalue weighted by Crippen LogP contribution is 2.68. The predicted octanol–water partition coefficient (Wildman–Crippen LogP) is 8.35. The Morgan fingerprint density at radius 2 is 1.62 bits per heavy atom. The molecule has 2 aliphatic carbocycles. The standard InChI is InChI=1S/C35H57N3O2/c1-12-14-30(3,4)16-18-33(9,38-21-20-36)19-17-31(5,6)35(11)15-13-27-32(7,8)29(40)26(24-37)23-34(27,10)28(35)22-25(2)39/h23,27-28,38H,12-19,21-22H2,1-11H3/t27-,28+,33-,34-,35+/m0/s1. The van der Waals surface area contributed by atoms with Crippen LogP contribution < -0.4 is 5.32 Å². The highest BCUT2D eigenvalue weighted by molar-refractivity contribution is 6.04. The number of carbonyl (C=O) groups is 2. The molecule has 2 aliphatic rings. The number of nitrogens with one attached hydrogen (secondary N) is 1. The van der Waals surface area contributed by atoms with Crippen LogP contribution in [0.15, 0.2) is 11.6 Å². The van der Waals surface area contributed by atoms with Crippen LogP contribution in [-0.2, 0) is 9.59 Å². The first-order valence-corrected chi connectivity index (χ1v) is 15.5. The van der Waals surface area contributed by atoms with E-state index in [2.05, 4.69) is 72.8 Å². The number of allylic oxidation sites excluding steroid dienone is 2. The third-order valence-electron chi connectivity index (χ3n) is 11.7. The Labute approximate surface area is 245 Å². The second-order valence-electron chi connectivity index (χ2n) is 15.9. The van der Waals surface area contributed by atoms with Gasteiger partial charge in [0.15, 0.2) is 5.78 Å². The zero-order valence-corrected chi connectivity index (χ0v) is 27.5. The third kappa shape index (κ3) is 6.73. The maximum Gasteiger partial charge on any atom is 0.178 e. The van der Waals surface area contributed by atoms with Gasteiger partial charge in [0.2, 0.25) is 0 Å². The molecule has 0 aromatic heterocycles. The Kier molecular flexibility index (Phi) is 10.3. The third-order valence-corrected chi connectivity index (χ3v) is 11.7.